The maximum absolute atomic E-state index is 13.1. The Balaban J connectivity index is 1.40. The van der Waals surface area contributed by atoms with Crippen LogP contribution in [0.15, 0.2) is 54.6 Å². The number of aromatic nitrogens is 1. The second-order valence-electron chi connectivity index (χ2n) is 8.81. The van der Waals surface area contributed by atoms with Crippen LogP contribution < -0.4 is 4.72 Å². The lowest BCUT2D eigenvalue weighted by molar-refractivity contribution is 0.0408. The third-order valence-electron chi connectivity index (χ3n) is 6.24. The molecule has 2 heterocycles. The summed E-state index contributed by atoms with van der Waals surface area (Å²) in [7, 11) is -1.54. The number of sulfonamides is 1. The second-order valence-corrected chi connectivity index (χ2v) is 11.1. The first kappa shape index (κ1) is 25.4. The van der Waals surface area contributed by atoms with Gasteiger partial charge in [0, 0.05) is 55.1 Å². The number of carbonyl (C=O) groups excluding carboxylic acids is 1. The van der Waals surface area contributed by atoms with Crippen LogP contribution in [0.25, 0.3) is 0 Å². The molecule has 0 saturated carbocycles. The predicted octanol–water partition coefficient (Wildman–Crippen LogP) is 3.88. The number of ether oxygens (including phenoxy) is 1. The van der Waals surface area contributed by atoms with Gasteiger partial charge in [0.2, 0.25) is 15.8 Å². The van der Waals surface area contributed by atoms with Crippen LogP contribution in [0, 0.1) is 6.92 Å². The number of hydrogen-bond acceptors (Lipinski definition) is 5. The number of halogens is 1. The molecule has 0 spiro atoms. The molecule has 0 radical (unpaired) electrons. The fourth-order valence-electron chi connectivity index (χ4n) is 4.27. The van der Waals surface area contributed by atoms with Gasteiger partial charge in [-0.1, -0.05) is 23.7 Å². The van der Waals surface area contributed by atoms with Crippen LogP contribution in [0.3, 0.4) is 0 Å². The zero-order valence-electron chi connectivity index (χ0n) is 20.0. The van der Waals surface area contributed by atoms with Gasteiger partial charge in [-0.3, -0.25) is 14.4 Å². The molecule has 9 heteroatoms. The van der Waals surface area contributed by atoms with Crippen molar-refractivity contribution in [2.24, 2.45) is 7.05 Å². The normalized spacial score (nSPS) is 14.7. The van der Waals surface area contributed by atoms with E-state index in [-0.39, 0.29) is 11.5 Å². The SMILES string of the molecule is Cc1cc(Cc2ccc(NS(=O)(=O)CCN3CCOCC3)cc2)n(C)c1C(=O)c1ccc(Cl)cc1. The Morgan fingerprint density at radius 1 is 1.06 bits per heavy atom. The van der Waals surface area contributed by atoms with Gasteiger partial charge in [0.1, 0.15) is 0 Å². The highest BCUT2D eigenvalue weighted by molar-refractivity contribution is 7.92. The number of aryl methyl sites for hydroxylation is 1. The molecule has 0 amide bonds. The Morgan fingerprint density at radius 3 is 2.37 bits per heavy atom. The molecule has 7 nitrogen and oxygen atoms in total. The van der Waals surface area contributed by atoms with Crippen LogP contribution in [0.1, 0.15) is 32.9 Å². The molecule has 1 aliphatic rings. The smallest absolute Gasteiger partial charge is 0.233 e. The quantitative estimate of drug-likeness (QED) is 0.437. The molecule has 3 aromatic rings. The highest BCUT2D eigenvalue weighted by Gasteiger charge is 2.19. The van der Waals surface area contributed by atoms with Gasteiger partial charge in [0.05, 0.1) is 24.7 Å². The van der Waals surface area contributed by atoms with Crippen LogP contribution in [-0.2, 0) is 28.2 Å². The molecule has 1 aliphatic heterocycles. The van der Waals surface area contributed by atoms with E-state index in [0.29, 0.717) is 48.1 Å². The summed E-state index contributed by atoms with van der Waals surface area (Å²) in [6.45, 7) is 5.23. The number of ketones is 1. The van der Waals surface area contributed by atoms with Crippen molar-refractivity contribution in [3.05, 3.63) is 87.7 Å². The van der Waals surface area contributed by atoms with E-state index in [1.54, 1.807) is 36.4 Å². The number of carbonyl (C=O) groups is 1. The molecule has 2 aromatic carbocycles. The van der Waals surface area contributed by atoms with Gasteiger partial charge in [-0.25, -0.2) is 8.42 Å². The van der Waals surface area contributed by atoms with Crippen molar-refractivity contribution in [1.82, 2.24) is 9.47 Å². The fourth-order valence-corrected chi connectivity index (χ4v) is 5.49. The largest absolute Gasteiger partial charge is 0.379 e. The molecule has 4 rings (SSSR count). The molecule has 35 heavy (non-hydrogen) atoms. The zero-order chi connectivity index (χ0) is 25.0. The Bertz CT molecular complexity index is 1280. The summed E-state index contributed by atoms with van der Waals surface area (Å²) < 4.78 is 34.9. The lowest BCUT2D eigenvalue weighted by atomic mass is 10.1. The summed E-state index contributed by atoms with van der Waals surface area (Å²) in [5, 5.41) is 0.591. The lowest BCUT2D eigenvalue weighted by Crippen LogP contribution is -2.39. The number of nitrogens with zero attached hydrogens (tertiary/aromatic N) is 2. The van der Waals surface area contributed by atoms with E-state index in [9.17, 15) is 13.2 Å². The van der Waals surface area contributed by atoms with Gasteiger partial charge in [-0.15, -0.1) is 0 Å². The first-order valence-electron chi connectivity index (χ1n) is 11.6. The molecular weight excluding hydrogens is 486 g/mol. The van der Waals surface area contributed by atoms with Crippen molar-refractivity contribution in [1.29, 1.82) is 0 Å². The summed E-state index contributed by atoms with van der Waals surface area (Å²) in [6, 6.07) is 16.3. The first-order valence-corrected chi connectivity index (χ1v) is 13.6. The highest BCUT2D eigenvalue weighted by Crippen LogP contribution is 2.22. The van der Waals surface area contributed by atoms with Gasteiger partial charge in [0.25, 0.3) is 0 Å². The van der Waals surface area contributed by atoms with E-state index in [2.05, 4.69) is 9.62 Å². The third kappa shape index (κ3) is 6.52. The molecule has 1 fully saturated rings. The highest BCUT2D eigenvalue weighted by atomic mass is 35.5. The summed E-state index contributed by atoms with van der Waals surface area (Å²) in [5.41, 5.74) is 4.71. The topological polar surface area (TPSA) is 80.6 Å². The predicted molar refractivity (Wildman–Crippen MR) is 139 cm³/mol. The Morgan fingerprint density at radius 2 is 1.71 bits per heavy atom. The average Bonchev–Trinajstić information content (AvgIpc) is 3.12. The summed E-state index contributed by atoms with van der Waals surface area (Å²) in [5.74, 6) is -0.00307. The second kappa shape index (κ2) is 11.0. The van der Waals surface area contributed by atoms with Crippen LogP contribution >= 0.6 is 11.6 Å². The summed E-state index contributed by atoms with van der Waals surface area (Å²) in [6.07, 6.45) is 0.620. The molecule has 1 aromatic heterocycles. The number of rotatable bonds is 9. The van der Waals surface area contributed by atoms with Crippen LogP contribution in [-0.4, -0.2) is 62.3 Å². The zero-order valence-corrected chi connectivity index (χ0v) is 21.5. The standard InChI is InChI=1S/C26H30ClN3O4S/c1-19-17-24(29(2)25(19)26(31)21-5-7-22(27)8-6-21)18-20-3-9-23(10-4-20)28-35(32,33)16-13-30-11-14-34-15-12-30/h3-10,17,28H,11-16,18H2,1-2H3. The van der Waals surface area contributed by atoms with E-state index < -0.39 is 10.0 Å². The van der Waals surface area contributed by atoms with E-state index in [1.807, 2.05) is 36.7 Å². The van der Waals surface area contributed by atoms with Crippen molar-refractivity contribution < 1.29 is 17.9 Å². The average molecular weight is 516 g/mol. The van der Waals surface area contributed by atoms with Gasteiger partial charge in [0.15, 0.2) is 0 Å². The molecule has 1 N–H and O–H groups in total. The molecule has 1 saturated heterocycles. The van der Waals surface area contributed by atoms with E-state index in [0.717, 1.165) is 29.9 Å². The fraction of sp³-hybridized carbons (Fsp3) is 0.346. The summed E-state index contributed by atoms with van der Waals surface area (Å²) >= 11 is 5.95. The molecular formula is C26H30ClN3O4S. The van der Waals surface area contributed by atoms with Crippen LogP contribution in [0.5, 0.6) is 0 Å². The summed E-state index contributed by atoms with van der Waals surface area (Å²) in [4.78, 5) is 15.2. The number of benzene rings is 2. The van der Waals surface area contributed by atoms with Gasteiger partial charge in [-0.05, 0) is 60.5 Å². The van der Waals surface area contributed by atoms with Crippen molar-refractivity contribution in [2.75, 3.05) is 43.3 Å². The van der Waals surface area contributed by atoms with E-state index in [4.69, 9.17) is 16.3 Å². The van der Waals surface area contributed by atoms with Gasteiger partial charge < -0.3 is 9.30 Å². The molecule has 0 bridgehead atoms. The Labute approximate surface area is 211 Å². The van der Waals surface area contributed by atoms with Crippen molar-refractivity contribution in [2.45, 2.75) is 13.3 Å². The third-order valence-corrected chi connectivity index (χ3v) is 7.76. The Kier molecular flexibility index (Phi) is 7.96. The number of anilines is 1. The van der Waals surface area contributed by atoms with Crippen LogP contribution in [0.4, 0.5) is 5.69 Å². The molecule has 0 unspecified atom stereocenters. The molecule has 0 aliphatic carbocycles. The van der Waals surface area contributed by atoms with Crippen molar-refractivity contribution in [3.63, 3.8) is 0 Å². The lowest BCUT2D eigenvalue weighted by Gasteiger charge is -2.26. The van der Waals surface area contributed by atoms with E-state index >= 15 is 0 Å². The number of hydrogen-bond donors (Lipinski definition) is 1. The van der Waals surface area contributed by atoms with Gasteiger partial charge >= 0.3 is 0 Å². The maximum atomic E-state index is 13.1. The van der Waals surface area contributed by atoms with Crippen molar-refractivity contribution in [3.8, 4) is 0 Å². The van der Waals surface area contributed by atoms with Crippen LogP contribution in [0.2, 0.25) is 5.02 Å². The van der Waals surface area contributed by atoms with Crippen molar-refractivity contribution >= 4 is 33.1 Å². The maximum Gasteiger partial charge on any atom is 0.233 e. The molecule has 0 atom stereocenters. The Hall–Kier alpha value is -2.65. The van der Waals surface area contributed by atoms with Gasteiger partial charge in [-0.2, -0.15) is 0 Å². The minimum atomic E-state index is -3.44. The number of morpholine rings is 1. The number of nitrogens with one attached hydrogen (secondary N) is 1. The minimum Gasteiger partial charge on any atom is -0.379 e. The van der Waals surface area contributed by atoms with E-state index in [1.165, 1.54) is 0 Å². The monoisotopic (exact) mass is 515 g/mol. The minimum absolute atomic E-state index is 0.0435. The first-order chi connectivity index (χ1) is 16.7. The molecule has 186 valence electrons.